The molecule has 3 nitrogen and oxygen atoms in total. The maximum atomic E-state index is 13.2. The van der Waals surface area contributed by atoms with Gasteiger partial charge in [0.2, 0.25) is 0 Å². The van der Waals surface area contributed by atoms with Crippen LogP contribution >= 0.6 is 15.9 Å². The van der Waals surface area contributed by atoms with Crippen LogP contribution < -0.4 is 5.32 Å². The van der Waals surface area contributed by atoms with E-state index in [1.54, 1.807) is 12.1 Å². The molecule has 0 bridgehead atoms. The Bertz CT molecular complexity index is 625. The Morgan fingerprint density at radius 2 is 1.58 bits per heavy atom. The first kappa shape index (κ1) is 18.6. The van der Waals surface area contributed by atoms with Crippen LogP contribution in [0.4, 0.5) is 4.39 Å². The summed E-state index contributed by atoms with van der Waals surface area (Å²) >= 11 is 3.40. The predicted molar refractivity (Wildman–Crippen MR) is 96.4 cm³/mol. The fraction of sp³-hybridized carbons (Fsp3) is 0.316. The summed E-state index contributed by atoms with van der Waals surface area (Å²) in [6.07, 6.45) is 0.517. The molecule has 2 N–H and O–H groups in total. The van der Waals surface area contributed by atoms with Crippen molar-refractivity contribution in [2.75, 3.05) is 0 Å². The number of carboxylic acid groups (broad SMARTS) is 1. The molecule has 2 aromatic carbocycles. The molecule has 2 aromatic rings. The first-order chi connectivity index (χ1) is 11.4. The molecule has 0 spiro atoms. The lowest BCUT2D eigenvalue weighted by Gasteiger charge is -2.25. The van der Waals surface area contributed by atoms with Crippen molar-refractivity contribution in [3.63, 3.8) is 0 Å². The van der Waals surface area contributed by atoms with E-state index in [-0.39, 0.29) is 17.8 Å². The minimum absolute atomic E-state index is 0.248. The smallest absolute Gasteiger partial charge is 0.320 e. The number of hydrogen-bond donors (Lipinski definition) is 2. The van der Waals surface area contributed by atoms with Crippen LogP contribution in [0.15, 0.2) is 53.0 Å². The van der Waals surface area contributed by atoms with Gasteiger partial charge in [0, 0.05) is 4.47 Å². The molecule has 0 fully saturated rings. The molecule has 24 heavy (non-hydrogen) atoms. The number of halogens is 2. The van der Waals surface area contributed by atoms with Gasteiger partial charge in [0.05, 0.1) is 6.04 Å². The molecular formula is C19H21BrFNO2. The van der Waals surface area contributed by atoms with Crippen LogP contribution in [0.1, 0.15) is 37.4 Å². The third kappa shape index (κ3) is 5.14. The van der Waals surface area contributed by atoms with Crippen molar-refractivity contribution in [3.8, 4) is 0 Å². The second-order valence-corrected chi connectivity index (χ2v) is 7.14. The van der Waals surface area contributed by atoms with Gasteiger partial charge in [-0.1, -0.05) is 54.0 Å². The van der Waals surface area contributed by atoms with Gasteiger partial charge in [-0.25, -0.2) is 4.39 Å². The highest BCUT2D eigenvalue weighted by Crippen LogP contribution is 2.25. The Morgan fingerprint density at radius 1 is 1.08 bits per heavy atom. The fourth-order valence-electron chi connectivity index (χ4n) is 2.61. The minimum Gasteiger partial charge on any atom is -0.480 e. The molecule has 5 heteroatoms. The summed E-state index contributed by atoms with van der Waals surface area (Å²) in [5, 5.41) is 12.7. The van der Waals surface area contributed by atoms with Crippen molar-refractivity contribution in [1.82, 2.24) is 5.32 Å². The van der Waals surface area contributed by atoms with Crippen LogP contribution in [0.25, 0.3) is 0 Å². The van der Waals surface area contributed by atoms with E-state index in [2.05, 4.69) is 21.2 Å². The van der Waals surface area contributed by atoms with Gasteiger partial charge in [-0.15, -0.1) is 0 Å². The molecule has 0 aliphatic rings. The summed E-state index contributed by atoms with van der Waals surface area (Å²) in [5.74, 6) is -0.949. The minimum atomic E-state index is -0.882. The lowest BCUT2D eigenvalue weighted by atomic mass is 9.95. The van der Waals surface area contributed by atoms with Gasteiger partial charge in [0.25, 0.3) is 0 Å². The molecule has 2 atom stereocenters. The number of carbonyl (C=O) groups is 1. The fourth-order valence-corrected chi connectivity index (χ4v) is 2.87. The largest absolute Gasteiger partial charge is 0.480 e. The van der Waals surface area contributed by atoms with Crippen molar-refractivity contribution in [2.45, 2.75) is 32.4 Å². The number of hydrogen-bond acceptors (Lipinski definition) is 2. The van der Waals surface area contributed by atoms with Crippen LogP contribution in [0.3, 0.4) is 0 Å². The molecule has 0 amide bonds. The lowest BCUT2D eigenvalue weighted by Crippen LogP contribution is -2.40. The van der Waals surface area contributed by atoms with Crippen LogP contribution in [0.5, 0.6) is 0 Å². The molecule has 0 saturated carbocycles. The Labute approximate surface area is 150 Å². The summed E-state index contributed by atoms with van der Waals surface area (Å²) in [6, 6.07) is 12.8. The molecular weight excluding hydrogens is 373 g/mol. The van der Waals surface area contributed by atoms with Crippen LogP contribution in [0.2, 0.25) is 0 Å². The summed E-state index contributed by atoms with van der Waals surface area (Å²) in [6.45, 7) is 3.98. The molecule has 0 radical (unpaired) electrons. The van der Waals surface area contributed by atoms with Gasteiger partial charge in [0.15, 0.2) is 0 Å². The van der Waals surface area contributed by atoms with Gasteiger partial charge in [0.1, 0.15) is 11.9 Å². The summed E-state index contributed by atoms with van der Waals surface area (Å²) in [4.78, 5) is 11.6. The Hall–Kier alpha value is -1.72. The van der Waals surface area contributed by atoms with Crippen molar-refractivity contribution in [2.24, 2.45) is 5.92 Å². The van der Waals surface area contributed by atoms with Gasteiger partial charge in [-0.05, 0) is 47.7 Å². The van der Waals surface area contributed by atoms with Crippen LogP contribution in [-0.2, 0) is 4.79 Å². The highest BCUT2D eigenvalue weighted by Gasteiger charge is 2.24. The van der Waals surface area contributed by atoms with E-state index in [0.29, 0.717) is 6.42 Å². The first-order valence-electron chi connectivity index (χ1n) is 7.86. The predicted octanol–water partition coefficient (Wildman–Crippen LogP) is 4.77. The molecule has 0 saturated heterocycles. The molecule has 0 heterocycles. The molecule has 0 unspecified atom stereocenters. The summed E-state index contributed by atoms with van der Waals surface area (Å²) in [5.41, 5.74) is 1.76. The number of nitrogens with one attached hydrogen (secondary N) is 1. The summed E-state index contributed by atoms with van der Waals surface area (Å²) in [7, 11) is 0. The standard InChI is InChI=1S/C19H21BrFNO2/c1-12(2)11-17(19(23)24)22-18(13-3-7-15(20)8-4-13)14-5-9-16(21)10-6-14/h3-10,12,17-18,22H,11H2,1-2H3,(H,23,24)/t17-,18+/m0/s1. The number of benzene rings is 2. The van der Waals surface area contributed by atoms with Gasteiger partial charge < -0.3 is 5.11 Å². The first-order valence-corrected chi connectivity index (χ1v) is 8.66. The zero-order valence-electron chi connectivity index (χ0n) is 13.7. The van der Waals surface area contributed by atoms with E-state index in [1.807, 2.05) is 38.1 Å². The lowest BCUT2D eigenvalue weighted by molar-refractivity contribution is -0.140. The zero-order valence-corrected chi connectivity index (χ0v) is 15.3. The Kier molecular flexibility index (Phi) is 6.52. The second-order valence-electron chi connectivity index (χ2n) is 6.22. The summed E-state index contributed by atoms with van der Waals surface area (Å²) < 4.78 is 14.2. The van der Waals surface area contributed by atoms with Crippen molar-refractivity contribution < 1.29 is 14.3 Å². The Morgan fingerprint density at radius 3 is 2.04 bits per heavy atom. The number of aliphatic carboxylic acids is 1. The second kappa shape index (κ2) is 8.40. The van der Waals surface area contributed by atoms with Gasteiger partial charge in [-0.2, -0.15) is 0 Å². The number of rotatable bonds is 7. The number of carboxylic acids is 1. The van der Waals surface area contributed by atoms with E-state index in [4.69, 9.17) is 0 Å². The highest BCUT2D eigenvalue weighted by molar-refractivity contribution is 9.10. The molecule has 0 aliphatic carbocycles. The van der Waals surface area contributed by atoms with Crippen molar-refractivity contribution in [1.29, 1.82) is 0 Å². The molecule has 2 rings (SSSR count). The van der Waals surface area contributed by atoms with Crippen molar-refractivity contribution >= 4 is 21.9 Å². The normalized spacial score (nSPS) is 13.7. The highest BCUT2D eigenvalue weighted by atomic mass is 79.9. The maximum Gasteiger partial charge on any atom is 0.320 e. The molecule has 0 aromatic heterocycles. The van der Waals surface area contributed by atoms with E-state index in [0.717, 1.165) is 15.6 Å². The average molecular weight is 394 g/mol. The van der Waals surface area contributed by atoms with Gasteiger partial charge >= 0.3 is 5.97 Å². The average Bonchev–Trinajstić information content (AvgIpc) is 2.53. The third-order valence-electron chi connectivity index (χ3n) is 3.78. The van der Waals surface area contributed by atoms with E-state index in [1.165, 1.54) is 12.1 Å². The monoisotopic (exact) mass is 393 g/mol. The maximum absolute atomic E-state index is 13.2. The molecule has 128 valence electrons. The van der Waals surface area contributed by atoms with E-state index < -0.39 is 12.0 Å². The Balaban J connectivity index is 2.36. The quantitative estimate of drug-likeness (QED) is 0.712. The SMILES string of the molecule is CC(C)C[C@H](N[C@@H](c1ccc(F)cc1)c1ccc(Br)cc1)C(=O)O. The topological polar surface area (TPSA) is 49.3 Å². The van der Waals surface area contributed by atoms with Crippen LogP contribution in [0, 0.1) is 11.7 Å². The third-order valence-corrected chi connectivity index (χ3v) is 4.31. The van der Waals surface area contributed by atoms with Crippen molar-refractivity contribution in [3.05, 3.63) is 69.9 Å². The van der Waals surface area contributed by atoms with Gasteiger partial charge in [-0.3, -0.25) is 10.1 Å². The molecule has 0 aliphatic heterocycles. The van der Waals surface area contributed by atoms with E-state index in [9.17, 15) is 14.3 Å². The van der Waals surface area contributed by atoms with E-state index >= 15 is 0 Å². The zero-order chi connectivity index (χ0) is 17.7. The van der Waals surface area contributed by atoms with Crippen LogP contribution in [-0.4, -0.2) is 17.1 Å².